The summed E-state index contributed by atoms with van der Waals surface area (Å²) in [7, 11) is -1.64. The summed E-state index contributed by atoms with van der Waals surface area (Å²) in [6.07, 6.45) is 0. The normalized spacial score (nSPS) is 14.0. The Morgan fingerprint density at radius 3 is 2.17 bits per heavy atom. The lowest BCUT2D eigenvalue weighted by Gasteiger charge is -2.28. The molecule has 36 heavy (non-hydrogen) atoms. The van der Waals surface area contributed by atoms with Gasteiger partial charge in [0.1, 0.15) is 16.6 Å². The Morgan fingerprint density at radius 1 is 0.972 bits per heavy atom. The Labute approximate surface area is 224 Å². The van der Waals surface area contributed by atoms with Crippen molar-refractivity contribution in [3.05, 3.63) is 95.0 Å². The molecular formula is C28H30ClNO4S2. The van der Waals surface area contributed by atoms with E-state index in [0.29, 0.717) is 15.5 Å². The second-order valence-corrected chi connectivity index (χ2v) is 12.1. The fourth-order valence-corrected chi connectivity index (χ4v) is 5.65. The number of rotatable bonds is 10. The lowest BCUT2D eigenvalue weighted by atomic mass is 9.91. The first-order valence-corrected chi connectivity index (χ1v) is 14.0. The molecule has 8 heteroatoms. The second kappa shape index (κ2) is 12.7. The molecule has 0 saturated heterocycles. The molecular weight excluding hydrogens is 514 g/mol. The van der Waals surface area contributed by atoms with Crippen LogP contribution in [0.15, 0.2) is 88.7 Å². The number of ketones is 1. The van der Waals surface area contributed by atoms with E-state index < -0.39 is 40.3 Å². The highest BCUT2D eigenvalue weighted by Crippen LogP contribution is 2.32. The zero-order chi connectivity index (χ0) is 26.3. The SMILES string of the molecule is Cc1ccc(S(=O)N[C@@H](c2ccc(Cl)cc2)[C@@H](CSc2ccccc2)C(=O)C(=O)OC(C)(C)C)cc1. The molecule has 0 amide bonds. The lowest BCUT2D eigenvalue weighted by molar-refractivity contribution is -0.164. The van der Waals surface area contributed by atoms with Gasteiger partial charge >= 0.3 is 5.97 Å². The van der Waals surface area contributed by atoms with Crippen molar-refractivity contribution in [1.29, 1.82) is 0 Å². The summed E-state index contributed by atoms with van der Waals surface area (Å²) in [5.74, 6) is -2.18. The Morgan fingerprint density at radius 2 is 1.58 bits per heavy atom. The maximum Gasteiger partial charge on any atom is 0.375 e. The Bertz CT molecular complexity index is 1190. The van der Waals surface area contributed by atoms with Crippen LogP contribution in [0.2, 0.25) is 5.02 Å². The Hall–Kier alpha value is -2.45. The number of hydrogen-bond donors (Lipinski definition) is 1. The molecule has 5 nitrogen and oxygen atoms in total. The lowest BCUT2D eigenvalue weighted by Crippen LogP contribution is -2.41. The zero-order valence-corrected chi connectivity index (χ0v) is 23.1. The van der Waals surface area contributed by atoms with Crippen molar-refractivity contribution >= 4 is 46.1 Å². The standard InChI is InChI=1S/C28H30ClNO4S2/c1-19-10-16-23(17-11-19)36(33)30-25(20-12-14-21(29)15-13-20)24(18-35-22-8-6-5-7-9-22)26(31)27(32)34-28(2,3)4/h5-17,24-25,30H,18H2,1-4H3/t24-,25+,36?/m1/s1. The largest absolute Gasteiger partial charge is 0.454 e. The van der Waals surface area contributed by atoms with E-state index in [0.717, 1.165) is 10.5 Å². The molecule has 3 aromatic rings. The molecule has 0 heterocycles. The molecule has 1 N–H and O–H groups in total. The van der Waals surface area contributed by atoms with Crippen molar-refractivity contribution in [2.24, 2.45) is 5.92 Å². The first-order valence-electron chi connectivity index (χ1n) is 11.5. The molecule has 0 spiro atoms. The van der Waals surface area contributed by atoms with Crippen LogP contribution in [0.25, 0.3) is 0 Å². The topological polar surface area (TPSA) is 72.5 Å². The summed E-state index contributed by atoms with van der Waals surface area (Å²) in [6, 6.07) is 23.1. The van der Waals surface area contributed by atoms with Gasteiger partial charge in [-0.3, -0.25) is 4.79 Å². The smallest absolute Gasteiger partial charge is 0.375 e. The first-order chi connectivity index (χ1) is 17.0. The predicted octanol–water partition coefficient (Wildman–Crippen LogP) is 6.32. The Kier molecular flexibility index (Phi) is 9.91. The number of halogens is 1. The number of esters is 1. The van der Waals surface area contributed by atoms with Gasteiger partial charge in [0.15, 0.2) is 0 Å². The van der Waals surface area contributed by atoms with Crippen molar-refractivity contribution < 1.29 is 18.5 Å². The van der Waals surface area contributed by atoms with Gasteiger partial charge in [0.25, 0.3) is 0 Å². The van der Waals surface area contributed by atoms with Gasteiger partial charge < -0.3 is 4.74 Å². The molecule has 0 aliphatic rings. The molecule has 3 aromatic carbocycles. The van der Waals surface area contributed by atoms with Crippen molar-refractivity contribution in [2.75, 3.05) is 5.75 Å². The van der Waals surface area contributed by atoms with Gasteiger partial charge in [-0.15, -0.1) is 11.8 Å². The summed E-state index contributed by atoms with van der Waals surface area (Å²) in [4.78, 5) is 27.9. The quantitative estimate of drug-likeness (QED) is 0.184. The molecule has 0 fully saturated rings. The first kappa shape index (κ1) is 28.1. The molecule has 3 atom stereocenters. The number of nitrogens with one attached hydrogen (secondary N) is 1. The molecule has 3 rings (SSSR count). The maximum absolute atomic E-state index is 13.5. The van der Waals surface area contributed by atoms with Gasteiger partial charge in [-0.05, 0) is 69.7 Å². The molecule has 0 aliphatic carbocycles. The minimum absolute atomic E-state index is 0.271. The van der Waals surface area contributed by atoms with E-state index in [-0.39, 0.29) is 5.75 Å². The number of aryl methyl sites for hydroxylation is 1. The van der Waals surface area contributed by atoms with Crippen LogP contribution >= 0.6 is 23.4 Å². The molecule has 1 unspecified atom stereocenters. The summed E-state index contributed by atoms with van der Waals surface area (Å²) in [5.41, 5.74) is 0.912. The van der Waals surface area contributed by atoms with E-state index in [9.17, 15) is 13.8 Å². The van der Waals surface area contributed by atoms with E-state index in [2.05, 4.69) is 4.72 Å². The molecule has 0 aliphatic heterocycles. The monoisotopic (exact) mass is 543 g/mol. The number of hydrogen-bond acceptors (Lipinski definition) is 5. The van der Waals surface area contributed by atoms with E-state index in [1.807, 2.05) is 49.4 Å². The van der Waals surface area contributed by atoms with Crippen molar-refractivity contribution in [1.82, 2.24) is 4.72 Å². The number of carbonyl (C=O) groups excluding carboxylic acids is 2. The van der Waals surface area contributed by atoms with Crippen molar-refractivity contribution in [2.45, 2.75) is 49.1 Å². The van der Waals surface area contributed by atoms with Crippen LogP contribution in [-0.4, -0.2) is 27.3 Å². The number of carbonyl (C=O) groups is 2. The third-order valence-electron chi connectivity index (χ3n) is 5.21. The fourth-order valence-electron chi connectivity index (χ4n) is 3.40. The van der Waals surface area contributed by atoms with Crippen LogP contribution in [0, 0.1) is 12.8 Å². The number of ether oxygens (including phenoxy) is 1. The molecule has 0 bridgehead atoms. The summed E-state index contributed by atoms with van der Waals surface area (Å²) >= 11 is 7.56. The van der Waals surface area contributed by atoms with Gasteiger partial charge in [0, 0.05) is 15.7 Å². The van der Waals surface area contributed by atoms with Crippen LogP contribution in [0.4, 0.5) is 0 Å². The highest BCUT2D eigenvalue weighted by atomic mass is 35.5. The van der Waals surface area contributed by atoms with Gasteiger partial charge in [0.05, 0.1) is 16.9 Å². The third kappa shape index (κ3) is 8.30. The fraction of sp³-hybridized carbons (Fsp3) is 0.286. The van der Waals surface area contributed by atoms with E-state index >= 15 is 0 Å². The van der Waals surface area contributed by atoms with E-state index in [4.69, 9.17) is 16.3 Å². The van der Waals surface area contributed by atoms with Gasteiger partial charge in [-0.2, -0.15) is 0 Å². The van der Waals surface area contributed by atoms with Crippen LogP contribution in [0.5, 0.6) is 0 Å². The highest BCUT2D eigenvalue weighted by molar-refractivity contribution is 7.99. The van der Waals surface area contributed by atoms with Crippen LogP contribution in [0.1, 0.15) is 37.9 Å². The summed E-state index contributed by atoms with van der Waals surface area (Å²) in [5, 5.41) is 0.533. The summed E-state index contributed by atoms with van der Waals surface area (Å²) < 4.78 is 21.9. The van der Waals surface area contributed by atoms with Gasteiger partial charge in [-0.1, -0.05) is 59.6 Å². The van der Waals surface area contributed by atoms with E-state index in [1.165, 1.54) is 11.8 Å². The van der Waals surface area contributed by atoms with Gasteiger partial charge in [-0.25, -0.2) is 13.7 Å². The predicted molar refractivity (Wildman–Crippen MR) is 146 cm³/mol. The van der Waals surface area contributed by atoms with Crippen LogP contribution < -0.4 is 4.72 Å². The van der Waals surface area contributed by atoms with Crippen molar-refractivity contribution in [3.63, 3.8) is 0 Å². The zero-order valence-electron chi connectivity index (χ0n) is 20.7. The average molecular weight is 544 g/mol. The molecule has 190 valence electrons. The Balaban J connectivity index is 1.99. The third-order valence-corrected chi connectivity index (χ3v) is 7.76. The number of thioether (sulfide) groups is 1. The van der Waals surface area contributed by atoms with Gasteiger partial charge in [0.2, 0.25) is 5.78 Å². The van der Waals surface area contributed by atoms with Crippen LogP contribution in [0.3, 0.4) is 0 Å². The van der Waals surface area contributed by atoms with E-state index in [1.54, 1.807) is 57.2 Å². The molecule has 0 radical (unpaired) electrons. The number of Topliss-reactive ketones (excluding diaryl/α,β-unsaturated/α-hetero) is 1. The second-order valence-electron chi connectivity index (χ2n) is 9.33. The minimum Gasteiger partial charge on any atom is -0.454 e. The van der Waals surface area contributed by atoms with Crippen LogP contribution in [-0.2, 0) is 25.3 Å². The highest BCUT2D eigenvalue weighted by Gasteiger charge is 2.37. The maximum atomic E-state index is 13.5. The minimum atomic E-state index is -1.64. The summed E-state index contributed by atoms with van der Waals surface area (Å²) in [6.45, 7) is 7.10. The van der Waals surface area contributed by atoms with Crippen molar-refractivity contribution in [3.8, 4) is 0 Å². The number of benzene rings is 3. The average Bonchev–Trinajstić information content (AvgIpc) is 2.83. The molecule has 0 aromatic heterocycles. The molecule has 0 saturated carbocycles.